The van der Waals surface area contributed by atoms with Gasteiger partial charge in [-0.3, -0.25) is 19.2 Å². The van der Waals surface area contributed by atoms with Gasteiger partial charge in [0, 0.05) is 12.2 Å². The first-order chi connectivity index (χ1) is 16.3. The molecule has 0 aliphatic carbocycles. The normalized spacial score (nSPS) is 17.5. The largest absolute Gasteiger partial charge is 0.350 e. The number of nitrogens with one attached hydrogen (secondary N) is 1. The summed E-state index contributed by atoms with van der Waals surface area (Å²) in [5.41, 5.74) is 4.02. The highest BCUT2D eigenvalue weighted by Gasteiger charge is 2.48. The van der Waals surface area contributed by atoms with Crippen molar-refractivity contribution in [3.8, 4) is 10.6 Å². The quantitative estimate of drug-likeness (QED) is 0.448. The third-order valence-electron chi connectivity index (χ3n) is 6.28. The second kappa shape index (κ2) is 8.57. The molecular formula is C27H26N4O2S. The fraction of sp³-hybridized carbons (Fsp3) is 0.222. The van der Waals surface area contributed by atoms with E-state index in [1.165, 1.54) is 5.56 Å². The van der Waals surface area contributed by atoms with Gasteiger partial charge in [-0.1, -0.05) is 53.6 Å². The third kappa shape index (κ3) is 3.92. The summed E-state index contributed by atoms with van der Waals surface area (Å²) in [5.74, 6) is -0.459. The van der Waals surface area contributed by atoms with Crippen LogP contribution in [0.5, 0.6) is 0 Å². The number of amides is 2. The molecule has 5 rings (SSSR count). The molecule has 0 bridgehead atoms. The van der Waals surface area contributed by atoms with Crippen LogP contribution in [0.15, 0.2) is 72.1 Å². The lowest BCUT2D eigenvalue weighted by atomic mass is 9.93. The van der Waals surface area contributed by atoms with Crippen molar-refractivity contribution in [2.45, 2.75) is 39.4 Å². The van der Waals surface area contributed by atoms with Gasteiger partial charge in [-0.25, -0.2) is 0 Å². The number of hydrogen-bond acceptors (Lipinski definition) is 4. The maximum Gasteiger partial charge on any atom is 0.277 e. The van der Waals surface area contributed by atoms with Gasteiger partial charge in [-0.05, 0) is 56.0 Å². The van der Waals surface area contributed by atoms with Crippen molar-refractivity contribution >= 4 is 28.8 Å². The predicted molar refractivity (Wildman–Crippen MR) is 135 cm³/mol. The van der Waals surface area contributed by atoms with Crippen LogP contribution in [0.25, 0.3) is 10.6 Å². The molecule has 1 aliphatic rings. The second-order valence-corrected chi connectivity index (χ2v) is 9.92. The van der Waals surface area contributed by atoms with Crippen molar-refractivity contribution < 1.29 is 9.59 Å². The van der Waals surface area contributed by atoms with Crippen LogP contribution in [0.3, 0.4) is 0 Å². The zero-order chi connectivity index (χ0) is 23.9. The van der Waals surface area contributed by atoms with Crippen LogP contribution in [-0.2, 0) is 17.9 Å². The molecule has 0 saturated carbocycles. The summed E-state index contributed by atoms with van der Waals surface area (Å²) in [7, 11) is 0. The molecule has 1 N–H and O–H groups in total. The van der Waals surface area contributed by atoms with E-state index in [-0.39, 0.29) is 18.4 Å². The highest BCUT2D eigenvalue weighted by Crippen LogP contribution is 2.35. The second-order valence-electron chi connectivity index (χ2n) is 8.97. The van der Waals surface area contributed by atoms with Crippen molar-refractivity contribution in [2.75, 3.05) is 4.90 Å². The Morgan fingerprint density at radius 2 is 1.74 bits per heavy atom. The van der Waals surface area contributed by atoms with E-state index in [0.717, 1.165) is 21.7 Å². The van der Waals surface area contributed by atoms with Gasteiger partial charge in [-0.2, -0.15) is 5.10 Å². The van der Waals surface area contributed by atoms with Gasteiger partial charge in [0.2, 0.25) is 5.91 Å². The molecule has 6 nitrogen and oxygen atoms in total. The van der Waals surface area contributed by atoms with Gasteiger partial charge in [0.25, 0.3) is 5.91 Å². The Morgan fingerprint density at radius 1 is 1.06 bits per heavy atom. The van der Waals surface area contributed by atoms with Crippen molar-refractivity contribution in [3.63, 3.8) is 0 Å². The van der Waals surface area contributed by atoms with E-state index in [4.69, 9.17) is 5.10 Å². The first-order valence-electron chi connectivity index (χ1n) is 11.2. The summed E-state index contributed by atoms with van der Waals surface area (Å²) in [6, 6.07) is 21.5. The summed E-state index contributed by atoms with van der Waals surface area (Å²) in [6.45, 7) is 6.48. The van der Waals surface area contributed by atoms with Crippen molar-refractivity contribution in [3.05, 3.63) is 94.5 Å². The number of anilines is 1. The molecule has 0 fully saturated rings. The molecule has 3 heterocycles. The number of rotatable bonds is 5. The van der Waals surface area contributed by atoms with E-state index in [0.29, 0.717) is 17.9 Å². The van der Waals surface area contributed by atoms with Crippen molar-refractivity contribution in [2.24, 2.45) is 0 Å². The molecule has 2 aromatic carbocycles. The molecule has 0 saturated heterocycles. The number of hydrogen-bond donors (Lipinski definition) is 1. The van der Waals surface area contributed by atoms with Gasteiger partial charge >= 0.3 is 0 Å². The minimum absolute atomic E-state index is 0.221. The Hall–Kier alpha value is -3.71. The van der Waals surface area contributed by atoms with Gasteiger partial charge in [0.05, 0.1) is 11.4 Å². The molecule has 7 heteroatoms. The number of aromatic nitrogens is 2. The van der Waals surface area contributed by atoms with Gasteiger partial charge in [0.15, 0.2) is 0 Å². The molecule has 2 amide bonds. The summed E-state index contributed by atoms with van der Waals surface area (Å²) >= 11 is 1.57. The lowest BCUT2D eigenvalue weighted by Crippen LogP contribution is -2.64. The van der Waals surface area contributed by atoms with Crippen LogP contribution in [0.1, 0.15) is 34.1 Å². The summed E-state index contributed by atoms with van der Waals surface area (Å²) in [5, 5.41) is 9.73. The molecule has 1 unspecified atom stereocenters. The van der Waals surface area contributed by atoms with Crippen molar-refractivity contribution in [1.82, 2.24) is 15.1 Å². The highest BCUT2D eigenvalue weighted by molar-refractivity contribution is 7.13. The Morgan fingerprint density at radius 3 is 2.38 bits per heavy atom. The maximum absolute atomic E-state index is 13.8. The first-order valence-corrected chi connectivity index (χ1v) is 12.1. The highest BCUT2D eigenvalue weighted by atomic mass is 32.1. The molecule has 1 aliphatic heterocycles. The monoisotopic (exact) mass is 470 g/mol. The topological polar surface area (TPSA) is 67.2 Å². The Labute approximate surface area is 202 Å². The van der Waals surface area contributed by atoms with Gasteiger partial charge in [-0.15, -0.1) is 11.3 Å². The van der Waals surface area contributed by atoms with E-state index in [2.05, 4.69) is 5.32 Å². The number of carbonyl (C=O) groups excluding carboxylic acids is 2. The number of thiophene rings is 1. The zero-order valence-corrected chi connectivity index (χ0v) is 20.2. The molecule has 0 spiro atoms. The number of aryl methyl sites for hydroxylation is 2. The SMILES string of the molecule is Cc1ccc(CNC(=O)C2(C)Cn3nc(-c4cccs4)cc3C(=O)N2c2ccc(C)cc2)cc1. The van der Waals surface area contributed by atoms with Crippen LogP contribution in [0.4, 0.5) is 5.69 Å². The fourth-order valence-corrected chi connectivity index (χ4v) is 4.98. The Balaban J connectivity index is 1.52. The fourth-order valence-electron chi connectivity index (χ4n) is 4.30. The molecule has 4 aromatic rings. The average molecular weight is 471 g/mol. The van der Waals surface area contributed by atoms with Crippen LogP contribution in [0.2, 0.25) is 0 Å². The summed E-state index contributed by atoms with van der Waals surface area (Å²) in [4.78, 5) is 30.1. The smallest absolute Gasteiger partial charge is 0.277 e. The Kier molecular flexibility index (Phi) is 5.57. The molecule has 0 radical (unpaired) electrons. The lowest BCUT2D eigenvalue weighted by molar-refractivity contribution is -0.126. The summed E-state index contributed by atoms with van der Waals surface area (Å²) in [6.07, 6.45) is 0. The lowest BCUT2D eigenvalue weighted by Gasteiger charge is -2.43. The van der Waals surface area contributed by atoms with E-state index in [9.17, 15) is 9.59 Å². The van der Waals surface area contributed by atoms with E-state index in [1.54, 1.807) is 20.9 Å². The molecule has 1 atom stereocenters. The Bertz CT molecular complexity index is 1340. The third-order valence-corrected chi connectivity index (χ3v) is 7.17. The predicted octanol–water partition coefficient (Wildman–Crippen LogP) is 4.96. The van der Waals surface area contributed by atoms with Crippen LogP contribution in [0, 0.1) is 13.8 Å². The number of benzene rings is 2. The zero-order valence-electron chi connectivity index (χ0n) is 19.4. The number of fused-ring (bicyclic) bond motifs is 1. The minimum Gasteiger partial charge on any atom is -0.350 e. The van der Waals surface area contributed by atoms with Crippen LogP contribution < -0.4 is 10.2 Å². The van der Waals surface area contributed by atoms with E-state index in [1.807, 2.05) is 92.9 Å². The van der Waals surface area contributed by atoms with Crippen molar-refractivity contribution in [1.29, 1.82) is 0 Å². The minimum atomic E-state index is -1.15. The van der Waals surface area contributed by atoms with Crippen LogP contribution >= 0.6 is 11.3 Å². The van der Waals surface area contributed by atoms with E-state index < -0.39 is 5.54 Å². The number of nitrogens with zero attached hydrogens (tertiary/aromatic N) is 3. The maximum atomic E-state index is 13.8. The molecular weight excluding hydrogens is 444 g/mol. The number of carbonyl (C=O) groups is 2. The molecule has 172 valence electrons. The average Bonchev–Trinajstić information content (AvgIpc) is 3.50. The molecule has 2 aromatic heterocycles. The van der Waals surface area contributed by atoms with E-state index >= 15 is 0 Å². The first kappa shape index (κ1) is 22.1. The summed E-state index contributed by atoms with van der Waals surface area (Å²) < 4.78 is 1.67. The molecule has 34 heavy (non-hydrogen) atoms. The van der Waals surface area contributed by atoms with Gasteiger partial charge in [0.1, 0.15) is 16.9 Å². The van der Waals surface area contributed by atoms with Crippen LogP contribution in [-0.4, -0.2) is 27.1 Å². The standard InChI is InChI=1S/C27H26N4O2S/c1-18-6-10-20(11-7-18)16-28-26(33)27(3)17-30-23(15-22(29-30)24-5-4-14-34-24)25(32)31(27)21-12-8-19(2)9-13-21/h4-15H,16-17H2,1-3H3,(H,28,33). The van der Waals surface area contributed by atoms with Gasteiger partial charge < -0.3 is 5.32 Å².